The number of nitrogens with zero attached hydrogens (tertiary/aromatic N) is 3. The highest BCUT2D eigenvalue weighted by Crippen LogP contribution is 2.18. The Kier molecular flexibility index (Phi) is 6.67. The van der Waals surface area contributed by atoms with Crippen molar-refractivity contribution in [3.8, 4) is 0 Å². The number of aromatic nitrogens is 1. The first-order valence-corrected chi connectivity index (χ1v) is 8.38. The fourth-order valence-corrected chi connectivity index (χ4v) is 3.12. The molecule has 5 heteroatoms. The van der Waals surface area contributed by atoms with Gasteiger partial charge in [-0.2, -0.15) is 0 Å². The van der Waals surface area contributed by atoms with Gasteiger partial charge in [-0.3, -0.25) is 9.80 Å². The van der Waals surface area contributed by atoms with Gasteiger partial charge in [-0.25, -0.2) is 0 Å². The molecule has 1 aromatic heterocycles. The smallest absolute Gasteiger partial charge is 0.151 e. The summed E-state index contributed by atoms with van der Waals surface area (Å²) in [5, 5.41) is 7.49. The van der Waals surface area contributed by atoms with Gasteiger partial charge >= 0.3 is 0 Å². The van der Waals surface area contributed by atoms with Crippen LogP contribution >= 0.6 is 0 Å². The normalized spacial score (nSPS) is 19.7. The highest BCUT2D eigenvalue weighted by molar-refractivity contribution is 5.05. The molecule has 1 fully saturated rings. The number of likely N-dealkylation sites (tertiary alicyclic amines) is 1. The van der Waals surface area contributed by atoms with Gasteiger partial charge in [0.25, 0.3) is 0 Å². The number of hydrogen-bond acceptors (Lipinski definition) is 5. The monoisotopic (exact) mass is 294 g/mol. The molecule has 1 saturated heterocycles. The topological polar surface area (TPSA) is 44.5 Å². The SMILES string of the molecule is CCCNCc1cc(CN2CCC(N(CC)CC)C2)on1. The average Bonchev–Trinajstić information content (AvgIpc) is 3.11. The molecule has 0 bridgehead atoms. The van der Waals surface area contributed by atoms with E-state index in [1.54, 1.807) is 0 Å². The van der Waals surface area contributed by atoms with Gasteiger partial charge in [-0.15, -0.1) is 0 Å². The van der Waals surface area contributed by atoms with E-state index in [4.69, 9.17) is 4.52 Å². The summed E-state index contributed by atoms with van der Waals surface area (Å²) in [7, 11) is 0. The standard InChI is InChI=1S/C16H30N4O/c1-4-8-17-11-14-10-16(21-18-14)13-19-9-7-15(12-19)20(5-2)6-3/h10,15,17H,4-9,11-13H2,1-3H3. The van der Waals surface area contributed by atoms with Gasteiger partial charge in [0.15, 0.2) is 5.76 Å². The molecule has 2 heterocycles. The molecule has 0 amide bonds. The quantitative estimate of drug-likeness (QED) is 0.707. The molecule has 1 unspecified atom stereocenters. The summed E-state index contributed by atoms with van der Waals surface area (Å²) >= 11 is 0. The van der Waals surface area contributed by atoms with Gasteiger partial charge < -0.3 is 9.84 Å². The zero-order valence-electron chi connectivity index (χ0n) is 13.8. The van der Waals surface area contributed by atoms with E-state index >= 15 is 0 Å². The Morgan fingerprint density at radius 1 is 1.38 bits per heavy atom. The maximum Gasteiger partial charge on any atom is 0.151 e. The summed E-state index contributed by atoms with van der Waals surface area (Å²) in [6, 6.07) is 2.79. The van der Waals surface area contributed by atoms with Crippen LogP contribution < -0.4 is 5.32 Å². The minimum atomic E-state index is 0.702. The summed E-state index contributed by atoms with van der Waals surface area (Å²) in [6.45, 7) is 14.0. The Bertz CT molecular complexity index is 403. The second-order valence-electron chi connectivity index (χ2n) is 5.86. The highest BCUT2D eigenvalue weighted by Gasteiger charge is 2.26. The number of rotatable bonds is 9. The van der Waals surface area contributed by atoms with E-state index in [9.17, 15) is 0 Å². The van der Waals surface area contributed by atoms with E-state index in [0.717, 1.165) is 63.7 Å². The molecular formula is C16H30N4O. The van der Waals surface area contributed by atoms with Crippen molar-refractivity contribution in [1.82, 2.24) is 20.3 Å². The number of likely N-dealkylation sites (N-methyl/N-ethyl adjacent to an activating group) is 1. The van der Waals surface area contributed by atoms with E-state index in [1.165, 1.54) is 6.42 Å². The minimum absolute atomic E-state index is 0.702. The largest absolute Gasteiger partial charge is 0.360 e. The fraction of sp³-hybridized carbons (Fsp3) is 0.812. The van der Waals surface area contributed by atoms with Crippen molar-refractivity contribution >= 4 is 0 Å². The lowest BCUT2D eigenvalue weighted by molar-refractivity contribution is 0.202. The van der Waals surface area contributed by atoms with Crippen LogP contribution in [-0.2, 0) is 13.1 Å². The zero-order chi connectivity index (χ0) is 15.1. The minimum Gasteiger partial charge on any atom is -0.360 e. The Labute approximate surface area is 128 Å². The number of nitrogens with one attached hydrogen (secondary N) is 1. The first kappa shape index (κ1) is 16.5. The van der Waals surface area contributed by atoms with Crippen molar-refractivity contribution in [3.05, 3.63) is 17.5 Å². The Balaban J connectivity index is 1.78. The molecule has 0 aromatic carbocycles. The summed E-state index contributed by atoms with van der Waals surface area (Å²) < 4.78 is 5.46. The molecule has 1 aliphatic heterocycles. The van der Waals surface area contributed by atoms with Crippen LogP contribution in [-0.4, -0.2) is 53.7 Å². The van der Waals surface area contributed by atoms with Crippen LogP contribution in [0.25, 0.3) is 0 Å². The van der Waals surface area contributed by atoms with E-state index in [1.807, 2.05) is 0 Å². The summed E-state index contributed by atoms with van der Waals surface area (Å²) in [5.41, 5.74) is 1.01. The second kappa shape index (κ2) is 8.51. The Hall–Kier alpha value is -0.910. The first-order chi connectivity index (χ1) is 10.3. The Morgan fingerprint density at radius 2 is 2.19 bits per heavy atom. The predicted molar refractivity (Wildman–Crippen MR) is 85.1 cm³/mol. The van der Waals surface area contributed by atoms with Crippen LogP contribution in [0, 0.1) is 0 Å². The molecule has 0 radical (unpaired) electrons. The van der Waals surface area contributed by atoms with Crippen molar-refractivity contribution in [1.29, 1.82) is 0 Å². The summed E-state index contributed by atoms with van der Waals surface area (Å²) in [4.78, 5) is 5.03. The van der Waals surface area contributed by atoms with Crippen LogP contribution in [0.15, 0.2) is 10.6 Å². The van der Waals surface area contributed by atoms with Gasteiger partial charge in [0.05, 0.1) is 12.2 Å². The van der Waals surface area contributed by atoms with Crippen molar-refractivity contribution in [2.45, 2.75) is 52.7 Å². The van der Waals surface area contributed by atoms with E-state index in [0.29, 0.717) is 6.04 Å². The lowest BCUT2D eigenvalue weighted by Gasteiger charge is -2.26. The maximum absolute atomic E-state index is 5.46. The molecular weight excluding hydrogens is 264 g/mol. The molecule has 2 rings (SSSR count). The first-order valence-electron chi connectivity index (χ1n) is 8.38. The molecule has 21 heavy (non-hydrogen) atoms. The molecule has 5 nitrogen and oxygen atoms in total. The molecule has 1 N–H and O–H groups in total. The van der Waals surface area contributed by atoms with Crippen LogP contribution in [0.5, 0.6) is 0 Å². The van der Waals surface area contributed by atoms with Gasteiger partial charge in [-0.05, 0) is 32.5 Å². The van der Waals surface area contributed by atoms with Gasteiger partial charge in [0.1, 0.15) is 0 Å². The third-order valence-corrected chi connectivity index (χ3v) is 4.30. The van der Waals surface area contributed by atoms with Crippen molar-refractivity contribution in [3.63, 3.8) is 0 Å². The van der Waals surface area contributed by atoms with Crippen LogP contribution in [0.2, 0.25) is 0 Å². The van der Waals surface area contributed by atoms with Gasteiger partial charge in [0, 0.05) is 31.7 Å². The third kappa shape index (κ3) is 4.80. The van der Waals surface area contributed by atoms with Gasteiger partial charge in [0.2, 0.25) is 0 Å². The molecule has 0 aliphatic carbocycles. The predicted octanol–water partition coefficient (Wildman–Crippen LogP) is 2.09. The highest BCUT2D eigenvalue weighted by atomic mass is 16.5. The summed E-state index contributed by atoms with van der Waals surface area (Å²) in [5.74, 6) is 0.989. The summed E-state index contributed by atoms with van der Waals surface area (Å²) in [6.07, 6.45) is 2.41. The van der Waals surface area contributed by atoms with Crippen LogP contribution in [0.1, 0.15) is 45.1 Å². The molecule has 0 saturated carbocycles. The van der Waals surface area contributed by atoms with Crippen LogP contribution in [0.3, 0.4) is 0 Å². The molecule has 0 spiro atoms. The maximum atomic E-state index is 5.46. The van der Waals surface area contributed by atoms with Crippen molar-refractivity contribution in [2.75, 3.05) is 32.7 Å². The molecule has 1 aromatic rings. The van der Waals surface area contributed by atoms with Crippen molar-refractivity contribution < 1.29 is 4.52 Å². The molecule has 1 atom stereocenters. The van der Waals surface area contributed by atoms with E-state index in [-0.39, 0.29) is 0 Å². The zero-order valence-corrected chi connectivity index (χ0v) is 13.8. The average molecular weight is 294 g/mol. The van der Waals surface area contributed by atoms with E-state index in [2.05, 4.69) is 47.1 Å². The van der Waals surface area contributed by atoms with E-state index < -0.39 is 0 Å². The lowest BCUT2D eigenvalue weighted by Crippen LogP contribution is -2.37. The molecule has 120 valence electrons. The lowest BCUT2D eigenvalue weighted by atomic mass is 10.2. The van der Waals surface area contributed by atoms with Crippen LogP contribution in [0.4, 0.5) is 0 Å². The van der Waals surface area contributed by atoms with Gasteiger partial charge in [-0.1, -0.05) is 25.9 Å². The van der Waals surface area contributed by atoms with Crippen molar-refractivity contribution in [2.24, 2.45) is 0 Å². The fourth-order valence-electron chi connectivity index (χ4n) is 3.12. The number of hydrogen-bond donors (Lipinski definition) is 1. The third-order valence-electron chi connectivity index (χ3n) is 4.30. The molecule has 1 aliphatic rings. The second-order valence-corrected chi connectivity index (χ2v) is 5.86. The Morgan fingerprint density at radius 3 is 2.90 bits per heavy atom.